The van der Waals surface area contributed by atoms with Crippen LogP contribution in [0.2, 0.25) is 0 Å². The fraction of sp³-hybridized carbons (Fsp3) is 0.562. The molecule has 1 amide bonds. The van der Waals surface area contributed by atoms with Crippen molar-refractivity contribution in [3.8, 4) is 11.8 Å². The minimum Gasteiger partial charge on any atom is -0.349 e. The van der Waals surface area contributed by atoms with Crippen molar-refractivity contribution in [2.75, 3.05) is 27.2 Å². The summed E-state index contributed by atoms with van der Waals surface area (Å²) in [5.74, 6) is 5.74. The predicted octanol–water partition coefficient (Wildman–Crippen LogP) is 1.66. The number of likely N-dealkylation sites (N-methyl/N-ethyl adjacent to an activating group) is 1. The number of nitrogens with one attached hydrogen (secondary N) is 1. The molecule has 0 bridgehead atoms. The molecular formula is C16H23N3OS. The summed E-state index contributed by atoms with van der Waals surface area (Å²) in [6.45, 7) is 1.00. The van der Waals surface area contributed by atoms with Crippen LogP contribution in [0.4, 0.5) is 0 Å². The van der Waals surface area contributed by atoms with Crippen LogP contribution in [0.1, 0.15) is 40.9 Å². The highest BCUT2D eigenvalue weighted by atomic mass is 32.1. The van der Waals surface area contributed by atoms with Gasteiger partial charge < -0.3 is 16.0 Å². The summed E-state index contributed by atoms with van der Waals surface area (Å²) in [6.07, 6.45) is 4.76. The molecule has 114 valence electrons. The third-order valence-electron chi connectivity index (χ3n) is 4.26. The molecule has 0 saturated heterocycles. The fourth-order valence-electron chi connectivity index (χ4n) is 2.87. The molecule has 1 aliphatic carbocycles. The highest BCUT2D eigenvalue weighted by Gasteiger charge is 2.36. The molecule has 0 spiro atoms. The van der Waals surface area contributed by atoms with Gasteiger partial charge in [-0.1, -0.05) is 24.7 Å². The molecule has 2 rings (SSSR count). The third-order valence-corrected chi connectivity index (χ3v) is 5.17. The Bertz CT molecular complexity index is 547. The molecule has 0 aromatic carbocycles. The van der Waals surface area contributed by atoms with Gasteiger partial charge in [0.15, 0.2) is 0 Å². The number of nitrogens with two attached hydrogens (primary N) is 1. The molecule has 0 unspecified atom stereocenters. The van der Waals surface area contributed by atoms with Crippen molar-refractivity contribution in [2.24, 2.45) is 5.73 Å². The molecule has 0 radical (unpaired) electrons. The van der Waals surface area contributed by atoms with Gasteiger partial charge in [0.2, 0.25) is 0 Å². The largest absolute Gasteiger partial charge is 0.349 e. The molecule has 5 heteroatoms. The molecule has 21 heavy (non-hydrogen) atoms. The van der Waals surface area contributed by atoms with E-state index < -0.39 is 0 Å². The van der Waals surface area contributed by atoms with Gasteiger partial charge in [0.05, 0.1) is 6.54 Å². The van der Waals surface area contributed by atoms with E-state index in [2.05, 4.69) is 36.2 Å². The minimum atomic E-state index is -0.0283. The Hall–Kier alpha value is -1.35. The van der Waals surface area contributed by atoms with E-state index in [0.717, 1.165) is 18.4 Å². The lowest BCUT2D eigenvalue weighted by Crippen LogP contribution is -2.50. The maximum atomic E-state index is 12.4. The van der Waals surface area contributed by atoms with Crippen molar-refractivity contribution in [3.05, 3.63) is 21.9 Å². The average molecular weight is 305 g/mol. The topological polar surface area (TPSA) is 58.4 Å². The number of hydrogen-bond acceptors (Lipinski definition) is 4. The molecule has 1 aromatic heterocycles. The lowest BCUT2D eigenvalue weighted by molar-refractivity contribution is 0.0904. The van der Waals surface area contributed by atoms with Gasteiger partial charge in [-0.15, -0.1) is 11.3 Å². The van der Waals surface area contributed by atoms with E-state index in [9.17, 15) is 4.79 Å². The fourth-order valence-corrected chi connectivity index (χ4v) is 3.64. The summed E-state index contributed by atoms with van der Waals surface area (Å²) >= 11 is 1.43. The zero-order valence-electron chi connectivity index (χ0n) is 12.7. The summed E-state index contributed by atoms with van der Waals surface area (Å²) < 4.78 is 0. The Balaban J connectivity index is 2.03. The van der Waals surface area contributed by atoms with Crippen LogP contribution in [-0.4, -0.2) is 43.5 Å². The molecule has 0 aliphatic heterocycles. The zero-order chi connectivity index (χ0) is 15.3. The molecule has 3 N–H and O–H groups in total. The summed E-state index contributed by atoms with van der Waals surface area (Å²) in [4.78, 5) is 15.3. The normalized spacial score (nSPS) is 16.6. The second-order valence-electron chi connectivity index (χ2n) is 5.68. The van der Waals surface area contributed by atoms with Crippen molar-refractivity contribution in [1.29, 1.82) is 0 Å². The van der Waals surface area contributed by atoms with Gasteiger partial charge in [-0.25, -0.2) is 0 Å². The predicted molar refractivity (Wildman–Crippen MR) is 87.5 cm³/mol. The standard InChI is InChI=1S/C16H23N3OS/c1-19(2)16(8-3-4-9-16)12-18-15(20)14-13(6-5-10-17)7-11-21-14/h7,11H,3-4,8-10,12,17H2,1-2H3,(H,18,20). The van der Waals surface area contributed by atoms with Gasteiger partial charge >= 0.3 is 0 Å². The highest BCUT2D eigenvalue weighted by Crippen LogP contribution is 2.33. The van der Waals surface area contributed by atoms with Crippen LogP contribution in [0, 0.1) is 11.8 Å². The van der Waals surface area contributed by atoms with Gasteiger partial charge in [-0.05, 0) is 38.4 Å². The Morgan fingerprint density at radius 3 is 2.81 bits per heavy atom. The van der Waals surface area contributed by atoms with Crippen molar-refractivity contribution in [3.63, 3.8) is 0 Å². The first-order chi connectivity index (χ1) is 10.1. The summed E-state index contributed by atoms with van der Waals surface area (Å²) in [7, 11) is 4.20. The summed E-state index contributed by atoms with van der Waals surface area (Å²) in [5.41, 5.74) is 6.27. The number of carbonyl (C=O) groups excluding carboxylic acids is 1. The lowest BCUT2D eigenvalue weighted by Gasteiger charge is -2.36. The van der Waals surface area contributed by atoms with E-state index in [0.29, 0.717) is 18.0 Å². The van der Waals surface area contributed by atoms with Crippen LogP contribution in [0.15, 0.2) is 11.4 Å². The van der Waals surface area contributed by atoms with Gasteiger partial charge in [0.25, 0.3) is 5.91 Å². The van der Waals surface area contributed by atoms with Gasteiger partial charge in [-0.3, -0.25) is 4.79 Å². The van der Waals surface area contributed by atoms with Crippen LogP contribution < -0.4 is 11.1 Å². The zero-order valence-corrected chi connectivity index (χ0v) is 13.6. The summed E-state index contributed by atoms with van der Waals surface area (Å²) in [6, 6.07) is 1.87. The molecule has 1 aliphatic rings. The van der Waals surface area contributed by atoms with Crippen LogP contribution in [-0.2, 0) is 0 Å². The highest BCUT2D eigenvalue weighted by molar-refractivity contribution is 7.12. The smallest absolute Gasteiger partial charge is 0.262 e. The van der Waals surface area contributed by atoms with Gasteiger partial charge in [0.1, 0.15) is 4.88 Å². The van der Waals surface area contributed by atoms with Crippen LogP contribution in [0.25, 0.3) is 0 Å². The van der Waals surface area contributed by atoms with E-state index in [1.54, 1.807) is 0 Å². The second kappa shape index (κ2) is 7.08. The SMILES string of the molecule is CN(C)C1(CNC(=O)c2sccc2C#CCN)CCCC1. The minimum absolute atomic E-state index is 0.0283. The van der Waals surface area contributed by atoms with E-state index in [-0.39, 0.29) is 11.4 Å². The van der Waals surface area contributed by atoms with Crippen LogP contribution >= 0.6 is 11.3 Å². The maximum Gasteiger partial charge on any atom is 0.262 e. The quantitative estimate of drug-likeness (QED) is 0.832. The monoisotopic (exact) mass is 305 g/mol. The Morgan fingerprint density at radius 2 is 2.19 bits per heavy atom. The van der Waals surface area contributed by atoms with Crippen LogP contribution in [0.5, 0.6) is 0 Å². The molecular weight excluding hydrogens is 282 g/mol. The number of rotatable bonds is 4. The average Bonchev–Trinajstić information content (AvgIpc) is 3.12. The first-order valence-electron chi connectivity index (χ1n) is 7.31. The Morgan fingerprint density at radius 1 is 1.48 bits per heavy atom. The van der Waals surface area contributed by atoms with E-state index in [4.69, 9.17) is 5.73 Å². The number of thiophene rings is 1. The first-order valence-corrected chi connectivity index (χ1v) is 8.19. The van der Waals surface area contributed by atoms with E-state index in [1.807, 2.05) is 11.4 Å². The number of hydrogen-bond donors (Lipinski definition) is 2. The molecule has 1 saturated carbocycles. The molecule has 0 atom stereocenters. The Kier molecular flexibility index (Phi) is 5.40. The van der Waals surface area contributed by atoms with Crippen molar-refractivity contribution < 1.29 is 4.79 Å². The molecule has 1 fully saturated rings. The second-order valence-corrected chi connectivity index (χ2v) is 6.59. The van der Waals surface area contributed by atoms with Crippen molar-refractivity contribution >= 4 is 17.2 Å². The van der Waals surface area contributed by atoms with Crippen molar-refractivity contribution in [1.82, 2.24) is 10.2 Å². The number of amides is 1. The molecule has 4 nitrogen and oxygen atoms in total. The maximum absolute atomic E-state index is 12.4. The molecule has 1 heterocycles. The van der Waals surface area contributed by atoms with Crippen molar-refractivity contribution in [2.45, 2.75) is 31.2 Å². The summed E-state index contributed by atoms with van der Waals surface area (Å²) in [5, 5.41) is 4.99. The molecule has 1 aromatic rings. The lowest BCUT2D eigenvalue weighted by atomic mass is 9.96. The van der Waals surface area contributed by atoms with Gasteiger partial charge in [0, 0.05) is 17.6 Å². The van der Waals surface area contributed by atoms with E-state index >= 15 is 0 Å². The number of carbonyl (C=O) groups is 1. The Labute approximate surface area is 130 Å². The third kappa shape index (κ3) is 3.65. The van der Waals surface area contributed by atoms with E-state index in [1.165, 1.54) is 24.2 Å². The first kappa shape index (κ1) is 16.0. The van der Waals surface area contributed by atoms with Gasteiger partial charge in [-0.2, -0.15) is 0 Å². The number of nitrogens with zero attached hydrogens (tertiary/aromatic N) is 1. The van der Waals surface area contributed by atoms with Crippen LogP contribution in [0.3, 0.4) is 0 Å².